The number of nitrogens with one attached hydrogen (secondary N) is 1. The number of hydrogen-bond donors (Lipinski definition) is 1. The Bertz CT molecular complexity index is 425. The van der Waals surface area contributed by atoms with Crippen molar-refractivity contribution in [1.82, 2.24) is 20.2 Å². The van der Waals surface area contributed by atoms with Gasteiger partial charge in [0, 0.05) is 0 Å². The maximum absolute atomic E-state index is 10.3. The van der Waals surface area contributed by atoms with Crippen LogP contribution in [0.3, 0.4) is 0 Å². The summed E-state index contributed by atoms with van der Waals surface area (Å²) < 4.78 is 1.48. The summed E-state index contributed by atoms with van der Waals surface area (Å²) in [4.78, 5) is 10.3. The molecule has 6 heteroatoms. The monoisotopic (exact) mass is 189 g/mol. The number of aromatic nitrogens is 4. The van der Waals surface area contributed by atoms with E-state index in [-0.39, 0.29) is 0 Å². The van der Waals surface area contributed by atoms with Crippen molar-refractivity contribution in [2.45, 2.75) is 0 Å². The summed E-state index contributed by atoms with van der Waals surface area (Å²) in [7, 11) is 0. The highest BCUT2D eigenvalue weighted by Gasteiger charge is 2.03. The lowest BCUT2D eigenvalue weighted by Crippen LogP contribution is -2.02. The summed E-state index contributed by atoms with van der Waals surface area (Å²) in [6.07, 6.45) is 2.08. The SMILES string of the molecule is O=CNc1ccccc1-n1cnnn1. The highest BCUT2D eigenvalue weighted by molar-refractivity contribution is 5.76. The Hall–Kier alpha value is -2.24. The van der Waals surface area contributed by atoms with Gasteiger partial charge in [0.2, 0.25) is 6.41 Å². The molecule has 0 saturated carbocycles. The number of anilines is 1. The Morgan fingerprint density at radius 2 is 2.21 bits per heavy atom. The van der Waals surface area contributed by atoms with Crippen LogP contribution in [0.15, 0.2) is 30.6 Å². The van der Waals surface area contributed by atoms with Crippen molar-refractivity contribution in [3.63, 3.8) is 0 Å². The zero-order valence-corrected chi connectivity index (χ0v) is 7.16. The fraction of sp³-hybridized carbons (Fsp3) is 0. The smallest absolute Gasteiger partial charge is 0.211 e. The van der Waals surface area contributed by atoms with Gasteiger partial charge in [0.05, 0.1) is 11.4 Å². The molecule has 0 aliphatic rings. The zero-order valence-electron chi connectivity index (χ0n) is 7.16. The molecule has 1 amide bonds. The molecular formula is C8H7N5O. The molecule has 0 spiro atoms. The Labute approximate surface area is 79.5 Å². The average Bonchev–Trinajstić information content (AvgIpc) is 2.72. The van der Waals surface area contributed by atoms with Gasteiger partial charge in [-0.05, 0) is 22.6 Å². The van der Waals surface area contributed by atoms with Crippen molar-refractivity contribution >= 4 is 12.1 Å². The van der Waals surface area contributed by atoms with Crippen LogP contribution < -0.4 is 5.32 Å². The van der Waals surface area contributed by atoms with Gasteiger partial charge in [-0.25, -0.2) is 0 Å². The van der Waals surface area contributed by atoms with Gasteiger partial charge in [0.15, 0.2) is 0 Å². The Morgan fingerprint density at radius 3 is 2.93 bits per heavy atom. The number of tetrazole rings is 1. The van der Waals surface area contributed by atoms with Gasteiger partial charge in [-0.3, -0.25) is 4.79 Å². The summed E-state index contributed by atoms with van der Waals surface area (Å²) in [5.74, 6) is 0. The number of benzene rings is 1. The van der Waals surface area contributed by atoms with Crippen LogP contribution in [0.5, 0.6) is 0 Å². The molecule has 14 heavy (non-hydrogen) atoms. The van der Waals surface area contributed by atoms with E-state index >= 15 is 0 Å². The molecule has 0 saturated heterocycles. The molecule has 0 radical (unpaired) electrons. The van der Waals surface area contributed by atoms with Gasteiger partial charge in [-0.1, -0.05) is 12.1 Å². The Balaban J connectivity index is 2.46. The molecule has 1 aromatic heterocycles. The van der Waals surface area contributed by atoms with Crippen LogP contribution in [0, 0.1) is 0 Å². The minimum Gasteiger partial charge on any atom is -0.327 e. The number of hydrogen-bond acceptors (Lipinski definition) is 4. The predicted octanol–water partition coefficient (Wildman–Crippen LogP) is 0.231. The first-order valence-electron chi connectivity index (χ1n) is 3.94. The van der Waals surface area contributed by atoms with E-state index in [1.165, 1.54) is 11.0 Å². The summed E-state index contributed by atoms with van der Waals surface area (Å²) >= 11 is 0. The molecule has 1 aromatic carbocycles. The molecular weight excluding hydrogens is 182 g/mol. The fourth-order valence-corrected chi connectivity index (χ4v) is 1.13. The van der Waals surface area contributed by atoms with Crippen molar-refractivity contribution in [1.29, 1.82) is 0 Å². The number of para-hydroxylation sites is 2. The molecule has 0 unspecified atom stereocenters. The third-order valence-corrected chi connectivity index (χ3v) is 1.71. The summed E-state index contributed by atoms with van der Waals surface area (Å²) in [6, 6.07) is 7.24. The van der Waals surface area contributed by atoms with Gasteiger partial charge < -0.3 is 5.32 Å². The largest absolute Gasteiger partial charge is 0.327 e. The lowest BCUT2D eigenvalue weighted by atomic mass is 10.2. The van der Waals surface area contributed by atoms with Crippen molar-refractivity contribution in [3.05, 3.63) is 30.6 Å². The number of carbonyl (C=O) groups excluding carboxylic acids is 1. The van der Waals surface area contributed by atoms with Crippen LogP contribution in [0.25, 0.3) is 5.69 Å². The minimum atomic E-state index is 0.614. The Morgan fingerprint density at radius 1 is 1.36 bits per heavy atom. The van der Waals surface area contributed by atoms with Crippen LogP contribution >= 0.6 is 0 Å². The molecule has 6 nitrogen and oxygen atoms in total. The highest BCUT2D eigenvalue weighted by atomic mass is 16.1. The molecule has 0 fully saturated rings. The standard InChI is InChI=1S/C8H7N5O/c14-6-9-7-3-1-2-4-8(7)13-5-10-11-12-13/h1-6H,(H,9,14). The van der Waals surface area contributed by atoms with Gasteiger partial charge in [0.1, 0.15) is 6.33 Å². The van der Waals surface area contributed by atoms with Gasteiger partial charge in [0.25, 0.3) is 0 Å². The average molecular weight is 189 g/mol. The molecule has 2 aromatic rings. The van der Waals surface area contributed by atoms with Crippen molar-refractivity contribution in [2.24, 2.45) is 0 Å². The van der Waals surface area contributed by atoms with Crippen LogP contribution in [-0.4, -0.2) is 26.6 Å². The van der Waals surface area contributed by atoms with Crippen LogP contribution in [-0.2, 0) is 4.79 Å². The van der Waals surface area contributed by atoms with Crippen molar-refractivity contribution in [2.75, 3.05) is 5.32 Å². The maximum atomic E-state index is 10.3. The maximum Gasteiger partial charge on any atom is 0.211 e. The van der Waals surface area contributed by atoms with E-state index in [1.54, 1.807) is 6.07 Å². The number of rotatable bonds is 3. The van der Waals surface area contributed by atoms with E-state index in [0.29, 0.717) is 12.1 Å². The lowest BCUT2D eigenvalue weighted by Gasteiger charge is -2.05. The Kier molecular flexibility index (Phi) is 2.18. The molecule has 0 aliphatic heterocycles. The zero-order chi connectivity index (χ0) is 9.80. The van der Waals surface area contributed by atoms with Crippen LogP contribution in [0.1, 0.15) is 0 Å². The van der Waals surface area contributed by atoms with Gasteiger partial charge in [-0.2, -0.15) is 4.68 Å². The molecule has 0 aliphatic carbocycles. The lowest BCUT2D eigenvalue weighted by molar-refractivity contribution is -0.105. The van der Waals surface area contributed by atoms with E-state index in [9.17, 15) is 4.79 Å². The second-order valence-corrected chi connectivity index (χ2v) is 2.53. The molecule has 0 atom stereocenters. The first-order valence-corrected chi connectivity index (χ1v) is 3.94. The summed E-state index contributed by atoms with van der Waals surface area (Å²) in [6.45, 7) is 0. The predicted molar refractivity (Wildman–Crippen MR) is 48.8 cm³/mol. The molecule has 70 valence electrons. The summed E-state index contributed by atoms with van der Waals surface area (Å²) in [5, 5.41) is 13.3. The highest BCUT2D eigenvalue weighted by Crippen LogP contribution is 2.16. The van der Waals surface area contributed by atoms with E-state index in [4.69, 9.17) is 0 Å². The van der Waals surface area contributed by atoms with E-state index in [0.717, 1.165) is 5.69 Å². The van der Waals surface area contributed by atoms with Gasteiger partial charge in [-0.15, -0.1) is 5.10 Å². The van der Waals surface area contributed by atoms with E-state index in [2.05, 4.69) is 20.8 Å². The topological polar surface area (TPSA) is 72.7 Å². The first kappa shape index (κ1) is 8.36. The molecule has 1 heterocycles. The second kappa shape index (κ2) is 3.65. The molecule has 1 N–H and O–H groups in total. The second-order valence-electron chi connectivity index (χ2n) is 2.53. The number of nitrogens with zero attached hydrogens (tertiary/aromatic N) is 4. The quantitative estimate of drug-likeness (QED) is 0.701. The van der Waals surface area contributed by atoms with E-state index in [1.807, 2.05) is 18.2 Å². The minimum absolute atomic E-state index is 0.614. The van der Waals surface area contributed by atoms with Crippen LogP contribution in [0.4, 0.5) is 5.69 Å². The summed E-state index contributed by atoms with van der Waals surface area (Å²) in [5.41, 5.74) is 1.39. The van der Waals surface area contributed by atoms with Crippen molar-refractivity contribution in [3.8, 4) is 5.69 Å². The van der Waals surface area contributed by atoms with E-state index < -0.39 is 0 Å². The van der Waals surface area contributed by atoms with Gasteiger partial charge >= 0.3 is 0 Å². The molecule has 0 bridgehead atoms. The third-order valence-electron chi connectivity index (χ3n) is 1.71. The van der Waals surface area contributed by atoms with Crippen molar-refractivity contribution < 1.29 is 4.79 Å². The number of carbonyl (C=O) groups is 1. The first-order chi connectivity index (χ1) is 6.92. The van der Waals surface area contributed by atoms with Crippen LogP contribution in [0.2, 0.25) is 0 Å². The molecule has 2 rings (SSSR count). The fourth-order valence-electron chi connectivity index (χ4n) is 1.13. The third kappa shape index (κ3) is 1.45. The normalized spacial score (nSPS) is 9.71. The number of amides is 1.